The molecule has 0 bridgehead atoms. The monoisotopic (exact) mass is 513 g/mol. The summed E-state index contributed by atoms with van der Waals surface area (Å²) in [5.41, 5.74) is -1.04. The average molecular weight is 513 g/mol. The number of amides is 1. The third-order valence-electron chi connectivity index (χ3n) is 6.29. The van der Waals surface area contributed by atoms with Gasteiger partial charge in [0.05, 0.1) is 11.1 Å². The Labute approximate surface area is 208 Å². The fourth-order valence-electron chi connectivity index (χ4n) is 4.21. The van der Waals surface area contributed by atoms with Crippen LogP contribution in [0.4, 0.5) is 18.9 Å². The fourth-order valence-corrected chi connectivity index (χ4v) is 4.21. The van der Waals surface area contributed by atoms with Gasteiger partial charge in [-0.15, -0.1) is 0 Å². The van der Waals surface area contributed by atoms with Gasteiger partial charge < -0.3 is 20.3 Å². The van der Waals surface area contributed by atoms with Crippen molar-refractivity contribution in [2.24, 2.45) is 7.05 Å². The van der Waals surface area contributed by atoms with Crippen LogP contribution in [0.5, 0.6) is 0 Å². The molecule has 0 radical (unpaired) electrons. The minimum absolute atomic E-state index is 0.0195. The van der Waals surface area contributed by atoms with Gasteiger partial charge in [-0.1, -0.05) is 36.4 Å². The number of aryl methyl sites for hydroxylation is 1. The van der Waals surface area contributed by atoms with Gasteiger partial charge in [-0.05, 0) is 36.2 Å². The van der Waals surface area contributed by atoms with Crippen molar-refractivity contribution in [1.29, 1.82) is 0 Å². The highest BCUT2D eigenvalue weighted by Crippen LogP contribution is 2.36. The number of ketones is 1. The van der Waals surface area contributed by atoms with E-state index in [1.165, 1.54) is 38.2 Å². The number of carboxylic acids is 1. The van der Waals surface area contributed by atoms with Crippen molar-refractivity contribution < 1.29 is 32.7 Å². The number of anilines is 1. The van der Waals surface area contributed by atoms with Crippen molar-refractivity contribution in [3.8, 4) is 11.1 Å². The maximum absolute atomic E-state index is 13.6. The van der Waals surface area contributed by atoms with Crippen molar-refractivity contribution in [3.63, 3.8) is 0 Å². The second kappa shape index (κ2) is 9.57. The number of carbonyl (C=O) groups excluding carboxylic acids is 2. The summed E-state index contributed by atoms with van der Waals surface area (Å²) < 4.78 is 42.1. The Morgan fingerprint density at radius 2 is 1.76 bits per heavy atom. The third kappa shape index (κ3) is 4.97. The Bertz CT molecular complexity index is 1460. The number of halogens is 3. The highest BCUT2D eigenvalue weighted by molar-refractivity contribution is 6.21. The van der Waals surface area contributed by atoms with E-state index < -0.39 is 52.6 Å². The first-order chi connectivity index (χ1) is 17.4. The molecule has 0 saturated carbocycles. The van der Waals surface area contributed by atoms with E-state index in [2.05, 4.69) is 10.6 Å². The van der Waals surface area contributed by atoms with Gasteiger partial charge in [-0.25, -0.2) is 4.79 Å². The number of rotatable bonds is 6. The van der Waals surface area contributed by atoms with Crippen LogP contribution in [0.3, 0.4) is 0 Å². The molecule has 2 heterocycles. The van der Waals surface area contributed by atoms with E-state index >= 15 is 0 Å². The van der Waals surface area contributed by atoms with Crippen molar-refractivity contribution in [1.82, 2.24) is 9.88 Å². The molecule has 0 fully saturated rings. The van der Waals surface area contributed by atoms with E-state index in [-0.39, 0.29) is 17.7 Å². The topological polar surface area (TPSA) is 118 Å². The summed E-state index contributed by atoms with van der Waals surface area (Å²) in [5.74, 6) is -2.66. The quantitative estimate of drug-likeness (QED) is 0.436. The first kappa shape index (κ1) is 25.7. The maximum atomic E-state index is 13.6. The van der Waals surface area contributed by atoms with E-state index in [4.69, 9.17) is 0 Å². The average Bonchev–Trinajstić information content (AvgIpc) is 3.18. The number of benzene rings is 2. The van der Waals surface area contributed by atoms with Crippen molar-refractivity contribution in [3.05, 3.63) is 87.3 Å². The number of nitrogens with zero attached hydrogens (tertiary/aromatic N) is 1. The van der Waals surface area contributed by atoms with Gasteiger partial charge >= 0.3 is 12.1 Å². The highest BCUT2D eigenvalue weighted by Gasteiger charge is 2.37. The summed E-state index contributed by atoms with van der Waals surface area (Å²) in [5, 5.41) is 14.7. The van der Waals surface area contributed by atoms with Gasteiger partial charge in [0.15, 0.2) is 11.8 Å². The van der Waals surface area contributed by atoms with Crippen LogP contribution in [0.2, 0.25) is 0 Å². The zero-order valence-electron chi connectivity index (χ0n) is 19.7. The van der Waals surface area contributed by atoms with Crippen LogP contribution in [0, 0.1) is 6.92 Å². The van der Waals surface area contributed by atoms with E-state index in [9.17, 15) is 37.5 Å². The van der Waals surface area contributed by atoms with Gasteiger partial charge in [0.25, 0.3) is 11.5 Å². The summed E-state index contributed by atoms with van der Waals surface area (Å²) in [7, 11) is 1.37. The molecular weight excluding hydrogens is 491 g/mol. The second-order valence-electron chi connectivity index (χ2n) is 8.72. The summed E-state index contributed by atoms with van der Waals surface area (Å²) in [6, 6.07) is 10.1. The Kier molecular flexibility index (Phi) is 6.64. The van der Waals surface area contributed by atoms with E-state index in [1.54, 1.807) is 24.3 Å². The van der Waals surface area contributed by atoms with Crippen LogP contribution in [0.15, 0.2) is 59.4 Å². The van der Waals surface area contributed by atoms with Gasteiger partial charge in [0.2, 0.25) is 0 Å². The maximum Gasteiger partial charge on any atom is 0.417 e. The second-order valence-corrected chi connectivity index (χ2v) is 8.72. The zero-order chi connectivity index (χ0) is 27.1. The number of aromatic nitrogens is 1. The molecule has 0 spiro atoms. The number of carboxylic acid groups (broad SMARTS) is 1. The Hall–Kier alpha value is -4.41. The number of aliphatic carboxylic acids is 1. The minimum atomic E-state index is -4.75. The Morgan fingerprint density at radius 1 is 1.11 bits per heavy atom. The Morgan fingerprint density at radius 3 is 2.35 bits per heavy atom. The van der Waals surface area contributed by atoms with Crippen LogP contribution >= 0.6 is 0 Å². The summed E-state index contributed by atoms with van der Waals surface area (Å²) in [6.07, 6.45) is -4.95. The lowest BCUT2D eigenvalue weighted by atomic mass is 9.97. The molecule has 2 unspecified atom stereocenters. The predicted molar refractivity (Wildman–Crippen MR) is 128 cm³/mol. The van der Waals surface area contributed by atoms with E-state index in [1.807, 2.05) is 0 Å². The number of para-hydroxylation sites is 1. The molecule has 0 aliphatic carbocycles. The van der Waals surface area contributed by atoms with E-state index in [0.717, 1.165) is 10.6 Å². The molecule has 192 valence electrons. The number of nitrogens with one attached hydrogen (secondary N) is 2. The highest BCUT2D eigenvalue weighted by atomic mass is 19.4. The van der Waals surface area contributed by atoms with Crippen molar-refractivity contribution >= 4 is 23.3 Å². The summed E-state index contributed by atoms with van der Waals surface area (Å²) >= 11 is 0. The molecule has 3 aromatic rings. The molecular formula is C26H22F3N3O5. The predicted octanol–water partition coefficient (Wildman–Crippen LogP) is 3.17. The molecule has 1 amide bonds. The largest absolute Gasteiger partial charge is 0.480 e. The van der Waals surface area contributed by atoms with E-state index in [0.29, 0.717) is 16.8 Å². The third-order valence-corrected chi connectivity index (χ3v) is 6.29. The molecule has 8 nitrogen and oxygen atoms in total. The van der Waals surface area contributed by atoms with Crippen molar-refractivity contribution in [2.45, 2.75) is 31.6 Å². The molecule has 1 aliphatic heterocycles. The normalized spacial score (nSPS) is 15.6. The van der Waals surface area contributed by atoms with Gasteiger partial charge in [-0.2, -0.15) is 13.2 Å². The number of fused-ring (bicyclic) bond motifs is 1. The zero-order valence-corrected chi connectivity index (χ0v) is 19.7. The SMILES string of the molecule is Cc1cc(C(F)(F)F)c(-c2ccc(CC(NC(=O)C3Nc4ccccc4C3=O)C(=O)O)cc2)c(=O)n1C. The van der Waals surface area contributed by atoms with Crippen LogP contribution < -0.4 is 16.2 Å². The number of hydrogen-bond donors (Lipinski definition) is 3. The smallest absolute Gasteiger partial charge is 0.417 e. The lowest BCUT2D eigenvalue weighted by Crippen LogP contribution is -2.49. The van der Waals surface area contributed by atoms with Gasteiger partial charge in [-0.3, -0.25) is 14.4 Å². The summed E-state index contributed by atoms with van der Waals surface area (Å²) in [6.45, 7) is 1.40. The minimum Gasteiger partial charge on any atom is -0.480 e. The number of carbonyl (C=O) groups is 3. The lowest BCUT2D eigenvalue weighted by Gasteiger charge is -2.18. The van der Waals surface area contributed by atoms with Crippen LogP contribution in [0.25, 0.3) is 11.1 Å². The fraction of sp³-hybridized carbons (Fsp3) is 0.231. The molecule has 1 aliphatic rings. The molecule has 11 heteroatoms. The molecule has 37 heavy (non-hydrogen) atoms. The van der Waals surface area contributed by atoms with Crippen LogP contribution in [-0.4, -0.2) is 39.4 Å². The molecule has 2 aromatic carbocycles. The standard InChI is InChI=1S/C26H22F3N3O5/c1-13-11-17(26(27,28)29)20(24(35)32(13)2)15-9-7-14(8-10-15)12-19(25(36)37)31-23(34)21-22(33)16-5-3-4-6-18(16)30-21/h3-11,19,21,30H,12H2,1-2H3,(H,31,34)(H,36,37). The molecule has 2 atom stereocenters. The molecule has 4 rings (SSSR count). The van der Waals surface area contributed by atoms with Crippen LogP contribution in [0.1, 0.15) is 27.2 Å². The van der Waals surface area contributed by atoms with Crippen molar-refractivity contribution in [2.75, 3.05) is 5.32 Å². The number of hydrogen-bond acceptors (Lipinski definition) is 5. The number of alkyl halides is 3. The first-order valence-corrected chi connectivity index (χ1v) is 11.2. The number of Topliss-reactive ketones (excluding diaryl/α,β-unsaturated/α-hetero) is 1. The molecule has 1 aromatic heterocycles. The number of pyridine rings is 1. The summed E-state index contributed by atoms with van der Waals surface area (Å²) in [4.78, 5) is 49.7. The first-order valence-electron chi connectivity index (χ1n) is 11.2. The molecule has 3 N–H and O–H groups in total. The Balaban J connectivity index is 1.55. The molecule has 0 saturated heterocycles. The lowest BCUT2D eigenvalue weighted by molar-refractivity contribution is -0.141. The van der Waals surface area contributed by atoms with Gasteiger partial charge in [0, 0.05) is 30.4 Å². The van der Waals surface area contributed by atoms with Crippen LogP contribution in [-0.2, 0) is 29.2 Å². The van der Waals surface area contributed by atoms with Gasteiger partial charge in [0.1, 0.15) is 6.04 Å².